The fourth-order valence-electron chi connectivity index (χ4n) is 8.72. The summed E-state index contributed by atoms with van der Waals surface area (Å²) < 4.78 is 4.55. The molecule has 0 N–H and O–H groups in total. The second-order valence-electron chi connectivity index (χ2n) is 14.7. The van der Waals surface area contributed by atoms with Gasteiger partial charge in [0.05, 0.1) is 50.3 Å². The van der Waals surface area contributed by atoms with Crippen LogP contribution in [0.5, 0.6) is 0 Å². The third kappa shape index (κ3) is 4.98. The summed E-state index contributed by atoms with van der Waals surface area (Å²) >= 11 is 0. The highest BCUT2D eigenvalue weighted by molar-refractivity contribution is 6.29. The summed E-state index contributed by atoms with van der Waals surface area (Å²) in [5.74, 6) is 1.57. The van der Waals surface area contributed by atoms with Crippen LogP contribution in [-0.2, 0) is 0 Å². The van der Waals surface area contributed by atoms with Gasteiger partial charge in [-0.2, -0.15) is 0 Å². The topological polar surface area (TPSA) is 61.4 Å². The van der Waals surface area contributed by atoms with Gasteiger partial charge in [-0.3, -0.25) is 14.1 Å². The minimum atomic E-state index is 0.782. The standard InChI is InChI=1S/C52H32N6/c1-2-13-33(14-3-1)34-25-27-35(28-26-34)36-15-12-16-37(31-36)51-52(56-43-22-9-8-21-42(43)55-51)58-45-24-11-5-18-39(45)50-47(58)30-29-46-49(50)38-17-4-10-23-44(38)57(46)48-32-53-40-19-6-7-20-41(40)54-48/h1-32H. The van der Waals surface area contributed by atoms with Gasteiger partial charge in [-0.25, -0.2) is 15.0 Å². The van der Waals surface area contributed by atoms with Gasteiger partial charge in [0.25, 0.3) is 0 Å². The van der Waals surface area contributed by atoms with Crippen molar-refractivity contribution in [2.45, 2.75) is 0 Å². The fraction of sp³-hybridized carbons (Fsp3) is 0. The molecule has 12 aromatic rings. The number of hydrogen-bond acceptors (Lipinski definition) is 4. The number of nitrogens with zero attached hydrogens (tertiary/aromatic N) is 6. The van der Waals surface area contributed by atoms with Gasteiger partial charge in [0.15, 0.2) is 11.6 Å². The van der Waals surface area contributed by atoms with Crippen LogP contribution in [0.1, 0.15) is 0 Å². The van der Waals surface area contributed by atoms with Crippen molar-refractivity contribution in [1.29, 1.82) is 0 Å². The molecule has 0 aliphatic carbocycles. The largest absolute Gasteiger partial charge is 0.292 e. The zero-order valence-electron chi connectivity index (χ0n) is 31.2. The average Bonchev–Trinajstić information content (AvgIpc) is 3.81. The fourth-order valence-corrected chi connectivity index (χ4v) is 8.72. The molecule has 0 spiro atoms. The lowest BCUT2D eigenvalue weighted by Crippen LogP contribution is -2.04. The van der Waals surface area contributed by atoms with Gasteiger partial charge in [-0.1, -0.05) is 133 Å². The van der Waals surface area contributed by atoms with E-state index >= 15 is 0 Å². The normalized spacial score (nSPS) is 11.8. The van der Waals surface area contributed by atoms with E-state index in [1.807, 2.05) is 54.7 Å². The highest BCUT2D eigenvalue weighted by Gasteiger charge is 2.24. The molecule has 0 amide bonds. The van der Waals surface area contributed by atoms with Gasteiger partial charge >= 0.3 is 0 Å². The maximum absolute atomic E-state index is 5.44. The van der Waals surface area contributed by atoms with Crippen LogP contribution in [0.15, 0.2) is 194 Å². The van der Waals surface area contributed by atoms with Gasteiger partial charge in [-0.05, 0) is 76.9 Å². The zero-order valence-corrected chi connectivity index (χ0v) is 31.2. The molecule has 0 aliphatic rings. The molecule has 4 heterocycles. The van der Waals surface area contributed by atoms with Crippen molar-refractivity contribution in [3.05, 3.63) is 194 Å². The predicted octanol–water partition coefficient (Wildman–Crippen LogP) is 12.8. The van der Waals surface area contributed by atoms with Crippen molar-refractivity contribution >= 4 is 65.7 Å². The van der Waals surface area contributed by atoms with E-state index < -0.39 is 0 Å². The summed E-state index contributed by atoms with van der Waals surface area (Å²) in [5, 5.41) is 4.61. The van der Waals surface area contributed by atoms with E-state index in [9.17, 15) is 0 Å². The Hall–Kier alpha value is -7.96. The predicted molar refractivity (Wildman–Crippen MR) is 238 cm³/mol. The summed E-state index contributed by atoms with van der Waals surface area (Å²) in [6.45, 7) is 0. The van der Waals surface area contributed by atoms with Crippen LogP contribution in [0.4, 0.5) is 0 Å². The van der Waals surface area contributed by atoms with Crippen molar-refractivity contribution in [2.24, 2.45) is 0 Å². The van der Waals surface area contributed by atoms with E-state index in [4.69, 9.17) is 19.9 Å². The average molecular weight is 741 g/mol. The lowest BCUT2D eigenvalue weighted by atomic mass is 9.98. The maximum atomic E-state index is 5.44. The van der Waals surface area contributed by atoms with Crippen LogP contribution in [0, 0.1) is 0 Å². The Labute approximate surface area is 333 Å². The molecule has 0 fully saturated rings. The molecule has 6 nitrogen and oxygen atoms in total. The van der Waals surface area contributed by atoms with Crippen LogP contribution < -0.4 is 0 Å². The maximum Gasteiger partial charge on any atom is 0.165 e. The summed E-state index contributed by atoms with van der Waals surface area (Å²) in [7, 11) is 0. The Bertz CT molecular complexity index is 3560. The molecule has 270 valence electrons. The summed E-state index contributed by atoms with van der Waals surface area (Å²) in [5.41, 5.74) is 14.1. The summed E-state index contributed by atoms with van der Waals surface area (Å²) in [6, 6.07) is 65.8. The minimum Gasteiger partial charge on any atom is -0.292 e. The molecule has 6 heteroatoms. The quantitative estimate of drug-likeness (QED) is 0.176. The molecule has 0 radical (unpaired) electrons. The molecule has 0 aliphatic heterocycles. The van der Waals surface area contributed by atoms with Crippen LogP contribution >= 0.6 is 0 Å². The number of para-hydroxylation sites is 6. The Morgan fingerprint density at radius 2 is 0.828 bits per heavy atom. The van der Waals surface area contributed by atoms with Crippen molar-refractivity contribution < 1.29 is 0 Å². The minimum absolute atomic E-state index is 0.782. The summed E-state index contributed by atoms with van der Waals surface area (Å²) in [4.78, 5) is 20.7. The third-order valence-electron chi connectivity index (χ3n) is 11.4. The monoisotopic (exact) mass is 740 g/mol. The van der Waals surface area contributed by atoms with Crippen LogP contribution in [0.3, 0.4) is 0 Å². The van der Waals surface area contributed by atoms with E-state index in [0.717, 1.165) is 99.7 Å². The van der Waals surface area contributed by atoms with E-state index in [-0.39, 0.29) is 0 Å². The molecular weight excluding hydrogens is 709 g/mol. The Morgan fingerprint density at radius 1 is 0.328 bits per heavy atom. The molecular formula is C52H32N6. The van der Waals surface area contributed by atoms with E-state index in [0.29, 0.717) is 0 Å². The molecule has 0 unspecified atom stereocenters. The number of fused-ring (bicyclic) bond motifs is 9. The lowest BCUT2D eigenvalue weighted by molar-refractivity contribution is 1.07. The second kappa shape index (κ2) is 12.8. The third-order valence-corrected chi connectivity index (χ3v) is 11.4. The van der Waals surface area contributed by atoms with Gasteiger partial charge in [0.2, 0.25) is 0 Å². The molecule has 12 rings (SSSR count). The van der Waals surface area contributed by atoms with E-state index in [1.165, 1.54) is 11.1 Å². The molecule has 0 atom stereocenters. The second-order valence-corrected chi connectivity index (χ2v) is 14.7. The first-order chi connectivity index (χ1) is 28.8. The Balaban J connectivity index is 1.10. The van der Waals surface area contributed by atoms with E-state index in [1.54, 1.807) is 0 Å². The molecule has 0 bridgehead atoms. The van der Waals surface area contributed by atoms with Gasteiger partial charge < -0.3 is 0 Å². The number of hydrogen-bond donors (Lipinski definition) is 0. The van der Waals surface area contributed by atoms with Crippen LogP contribution in [0.25, 0.3) is 111 Å². The Morgan fingerprint density at radius 3 is 1.53 bits per heavy atom. The SMILES string of the molecule is c1ccc(-c2ccc(-c3cccc(-c4nc5ccccc5nc4-n4c5ccccc5c5c6c7ccccc7n(-c7cnc8ccccc8n7)c6ccc54)c3)cc2)cc1. The molecule has 0 saturated heterocycles. The zero-order chi connectivity index (χ0) is 38.2. The first-order valence-electron chi connectivity index (χ1n) is 19.5. The van der Waals surface area contributed by atoms with Crippen molar-refractivity contribution in [3.8, 4) is 45.1 Å². The van der Waals surface area contributed by atoms with Crippen molar-refractivity contribution in [3.63, 3.8) is 0 Å². The number of benzene rings is 8. The van der Waals surface area contributed by atoms with Gasteiger partial charge in [-0.15, -0.1) is 0 Å². The summed E-state index contributed by atoms with van der Waals surface area (Å²) in [6.07, 6.45) is 1.88. The first kappa shape index (κ1) is 32.3. The molecule has 4 aromatic heterocycles. The molecule has 0 saturated carbocycles. The van der Waals surface area contributed by atoms with Crippen LogP contribution in [-0.4, -0.2) is 29.1 Å². The molecule has 8 aromatic carbocycles. The highest BCUT2D eigenvalue weighted by atomic mass is 15.1. The lowest BCUT2D eigenvalue weighted by Gasteiger charge is -2.15. The number of rotatable bonds is 5. The van der Waals surface area contributed by atoms with Crippen LogP contribution in [0.2, 0.25) is 0 Å². The van der Waals surface area contributed by atoms with Gasteiger partial charge in [0.1, 0.15) is 5.69 Å². The Kier molecular flexibility index (Phi) is 7.13. The van der Waals surface area contributed by atoms with Crippen molar-refractivity contribution in [2.75, 3.05) is 0 Å². The number of aromatic nitrogens is 6. The first-order valence-corrected chi connectivity index (χ1v) is 19.5. The van der Waals surface area contributed by atoms with Gasteiger partial charge in [0, 0.05) is 27.1 Å². The smallest absolute Gasteiger partial charge is 0.165 e. The van der Waals surface area contributed by atoms with E-state index in [2.05, 4.69) is 149 Å². The molecule has 58 heavy (non-hydrogen) atoms. The van der Waals surface area contributed by atoms with Crippen molar-refractivity contribution in [1.82, 2.24) is 29.1 Å². The highest BCUT2D eigenvalue weighted by Crippen LogP contribution is 2.43.